The van der Waals surface area contributed by atoms with Gasteiger partial charge in [-0.2, -0.15) is 5.26 Å². The molecule has 68 valence electrons. The van der Waals surface area contributed by atoms with Gasteiger partial charge in [0.15, 0.2) is 0 Å². The van der Waals surface area contributed by atoms with Gasteiger partial charge in [-0.1, -0.05) is 25.7 Å². The maximum absolute atomic E-state index is 8.70. The zero-order valence-corrected chi connectivity index (χ0v) is 9.98. The number of hydrogen-bond acceptors (Lipinski definition) is 2. The number of thiophene rings is 1. The van der Waals surface area contributed by atoms with Gasteiger partial charge in [-0.3, -0.25) is 0 Å². The Morgan fingerprint density at radius 3 is 2.62 bits per heavy atom. The smallest absolute Gasteiger partial charge is 0.0911 e. The first-order valence-electron chi connectivity index (χ1n) is 4.20. The Balaban J connectivity index is 3.11. The minimum Gasteiger partial charge on any atom is -0.193 e. The first kappa shape index (κ1) is 10.2. The molecular formula is C10H13NSSi. The van der Waals surface area contributed by atoms with Gasteiger partial charge in [-0.05, 0) is 16.6 Å². The van der Waals surface area contributed by atoms with Crippen LogP contribution in [0.25, 0.3) is 5.20 Å². The van der Waals surface area contributed by atoms with Gasteiger partial charge in [0.25, 0.3) is 0 Å². The second-order valence-electron chi connectivity index (χ2n) is 3.91. The van der Waals surface area contributed by atoms with Gasteiger partial charge < -0.3 is 0 Å². The number of nitrogens with zero attached hydrogens (tertiary/aromatic N) is 1. The van der Waals surface area contributed by atoms with Crippen LogP contribution in [0.3, 0.4) is 0 Å². The minimum atomic E-state index is -1.36. The summed E-state index contributed by atoms with van der Waals surface area (Å²) in [7, 11) is -1.36. The van der Waals surface area contributed by atoms with Crippen LogP contribution in [-0.2, 0) is 0 Å². The second kappa shape index (κ2) is 3.90. The highest BCUT2D eigenvalue weighted by Gasteiger charge is 2.21. The monoisotopic (exact) mass is 207 g/mol. The van der Waals surface area contributed by atoms with Crippen molar-refractivity contribution >= 4 is 24.6 Å². The molecule has 1 rings (SSSR count). The lowest BCUT2D eigenvalue weighted by molar-refractivity contribution is 1.53. The Bertz CT molecular complexity index is 338. The molecular weight excluding hydrogens is 194 g/mol. The number of allylic oxidation sites excluding steroid dienone is 1. The Labute approximate surface area is 84.3 Å². The summed E-state index contributed by atoms with van der Waals surface area (Å²) in [6, 6.07) is 6.26. The maximum Gasteiger partial charge on any atom is 0.0911 e. The van der Waals surface area contributed by atoms with Gasteiger partial charge in [0.2, 0.25) is 0 Å². The van der Waals surface area contributed by atoms with E-state index in [1.807, 2.05) is 6.07 Å². The highest BCUT2D eigenvalue weighted by atomic mass is 32.1. The molecule has 0 N–H and O–H groups in total. The topological polar surface area (TPSA) is 23.8 Å². The third-order valence-electron chi connectivity index (χ3n) is 1.80. The summed E-state index contributed by atoms with van der Waals surface area (Å²) < 4.78 is 0. The molecule has 0 saturated carbocycles. The van der Waals surface area contributed by atoms with Crippen LogP contribution in [0.1, 0.15) is 4.88 Å². The van der Waals surface area contributed by atoms with E-state index in [1.165, 1.54) is 10.1 Å². The molecule has 3 heteroatoms. The molecule has 0 fully saturated rings. The highest BCUT2D eigenvalue weighted by molar-refractivity contribution is 7.14. The fourth-order valence-electron chi connectivity index (χ4n) is 1.15. The van der Waals surface area contributed by atoms with E-state index in [-0.39, 0.29) is 0 Å². The van der Waals surface area contributed by atoms with Crippen LogP contribution < -0.4 is 0 Å². The summed E-state index contributed by atoms with van der Waals surface area (Å²) in [6.45, 7) is 6.78. The molecule has 0 saturated heterocycles. The second-order valence-corrected chi connectivity index (χ2v) is 9.90. The molecule has 0 spiro atoms. The van der Waals surface area contributed by atoms with Crippen LogP contribution >= 0.6 is 11.3 Å². The molecule has 1 aromatic heterocycles. The zero-order chi connectivity index (χ0) is 9.90. The molecule has 0 amide bonds. The number of rotatable bonds is 2. The molecule has 0 unspecified atom stereocenters. The molecule has 1 heterocycles. The van der Waals surface area contributed by atoms with Crippen molar-refractivity contribution in [3.8, 4) is 6.07 Å². The van der Waals surface area contributed by atoms with Crippen LogP contribution in [0, 0.1) is 11.3 Å². The fourth-order valence-corrected chi connectivity index (χ4v) is 4.22. The van der Waals surface area contributed by atoms with Gasteiger partial charge in [-0.15, -0.1) is 11.3 Å². The molecule has 0 aliphatic heterocycles. The highest BCUT2D eigenvalue weighted by Crippen LogP contribution is 2.28. The van der Waals surface area contributed by atoms with Crippen molar-refractivity contribution in [2.24, 2.45) is 0 Å². The third kappa shape index (κ3) is 2.54. The zero-order valence-electron chi connectivity index (χ0n) is 8.16. The molecule has 1 aromatic rings. The van der Waals surface area contributed by atoms with E-state index in [4.69, 9.17) is 5.26 Å². The van der Waals surface area contributed by atoms with Crippen LogP contribution in [0.5, 0.6) is 0 Å². The van der Waals surface area contributed by atoms with Crippen LogP contribution in [0.4, 0.5) is 0 Å². The van der Waals surface area contributed by atoms with Crippen molar-refractivity contribution in [1.82, 2.24) is 0 Å². The molecule has 0 aliphatic carbocycles. The first-order valence-corrected chi connectivity index (χ1v) is 8.58. The standard InChI is InChI=1S/C10H13NSSi/c1-13(2,3)10(6-7-11)9-5-4-8-12-9/h4-6,8H,1-3H3/b10-6+. The average molecular weight is 207 g/mol. The predicted molar refractivity (Wildman–Crippen MR) is 61.3 cm³/mol. The van der Waals surface area contributed by atoms with Gasteiger partial charge in [-0.25, -0.2) is 0 Å². The lowest BCUT2D eigenvalue weighted by Gasteiger charge is -2.18. The number of hydrogen-bond donors (Lipinski definition) is 0. The van der Waals surface area contributed by atoms with Crippen molar-refractivity contribution in [2.45, 2.75) is 19.6 Å². The quantitative estimate of drug-likeness (QED) is 0.537. The van der Waals surface area contributed by atoms with E-state index in [0.29, 0.717) is 0 Å². The van der Waals surface area contributed by atoms with E-state index in [1.54, 1.807) is 17.4 Å². The molecule has 0 aromatic carbocycles. The van der Waals surface area contributed by atoms with E-state index in [0.717, 1.165) is 0 Å². The van der Waals surface area contributed by atoms with Crippen molar-refractivity contribution in [3.63, 3.8) is 0 Å². The summed E-state index contributed by atoms with van der Waals surface area (Å²) in [6.07, 6.45) is 1.71. The molecule has 0 radical (unpaired) electrons. The molecule has 0 bridgehead atoms. The fraction of sp³-hybridized carbons (Fsp3) is 0.300. The first-order chi connectivity index (χ1) is 6.05. The average Bonchev–Trinajstić information content (AvgIpc) is 2.49. The summed E-state index contributed by atoms with van der Waals surface area (Å²) in [4.78, 5) is 1.25. The molecule has 0 aliphatic rings. The van der Waals surface area contributed by atoms with Crippen molar-refractivity contribution in [3.05, 3.63) is 28.5 Å². The molecule has 0 atom stereocenters. The van der Waals surface area contributed by atoms with E-state index in [9.17, 15) is 0 Å². The van der Waals surface area contributed by atoms with Crippen LogP contribution in [0.2, 0.25) is 19.6 Å². The largest absolute Gasteiger partial charge is 0.193 e. The summed E-state index contributed by atoms with van der Waals surface area (Å²) in [5.41, 5.74) is 0. The lowest BCUT2D eigenvalue weighted by atomic mass is 10.4. The third-order valence-corrected chi connectivity index (χ3v) is 4.92. The number of nitriles is 1. The lowest BCUT2D eigenvalue weighted by Crippen LogP contribution is -2.22. The molecule has 1 nitrogen and oxygen atoms in total. The minimum absolute atomic E-state index is 1.25. The van der Waals surface area contributed by atoms with Gasteiger partial charge >= 0.3 is 0 Å². The van der Waals surface area contributed by atoms with E-state index >= 15 is 0 Å². The normalized spacial score (nSPS) is 12.6. The van der Waals surface area contributed by atoms with E-state index in [2.05, 4.69) is 37.2 Å². The Morgan fingerprint density at radius 1 is 1.54 bits per heavy atom. The van der Waals surface area contributed by atoms with Crippen molar-refractivity contribution in [1.29, 1.82) is 5.26 Å². The van der Waals surface area contributed by atoms with Crippen LogP contribution in [-0.4, -0.2) is 8.07 Å². The predicted octanol–water partition coefficient (Wildman–Crippen LogP) is 3.53. The SMILES string of the molecule is C[Si](C)(C)/C(=C/C#N)c1cccs1. The Morgan fingerprint density at radius 2 is 2.23 bits per heavy atom. The van der Waals surface area contributed by atoms with Gasteiger partial charge in [0, 0.05) is 11.0 Å². The Kier molecular flexibility index (Phi) is 3.07. The molecule has 13 heavy (non-hydrogen) atoms. The Hall–Kier alpha value is -0.853. The van der Waals surface area contributed by atoms with E-state index < -0.39 is 8.07 Å². The summed E-state index contributed by atoms with van der Waals surface area (Å²) in [5.74, 6) is 0. The van der Waals surface area contributed by atoms with Crippen molar-refractivity contribution < 1.29 is 0 Å². The van der Waals surface area contributed by atoms with Crippen molar-refractivity contribution in [2.75, 3.05) is 0 Å². The van der Waals surface area contributed by atoms with Gasteiger partial charge in [0.05, 0.1) is 14.1 Å². The summed E-state index contributed by atoms with van der Waals surface area (Å²) >= 11 is 1.71. The van der Waals surface area contributed by atoms with Crippen LogP contribution in [0.15, 0.2) is 23.6 Å². The summed E-state index contributed by atoms with van der Waals surface area (Å²) in [5, 5.41) is 12.0. The maximum atomic E-state index is 8.70. The van der Waals surface area contributed by atoms with Gasteiger partial charge in [0.1, 0.15) is 0 Å².